The number of nitrogens with zero attached hydrogens (tertiary/aromatic N) is 1. The van der Waals surface area contributed by atoms with Crippen molar-refractivity contribution in [1.82, 2.24) is 4.90 Å². The van der Waals surface area contributed by atoms with Gasteiger partial charge in [0.15, 0.2) is 0 Å². The van der Waals surface area contributed by atoms with Gasteiger partial charge in [0.2, 0.25) is 0 Å². The molecule has 1 fully saturated rings. The Bertz CT molecular complexity index is 524. The molecular formula is C18H25ClFNO. The molecule has 0 bridgehead atoms. The Morgan fingerprint density at radius 2 is 2.00 bits per heavy atom. The molecule has 0 aromatic heterocycles. The Balaban J connectivity index is 2.19. The highest BCUT2D eigenvalue weighted by Crippen LogP contribution is 2.27. The molecule has 0 radical (unpaired) electrons. The van der Waals surface area contributed by atoms with Crippen molar-refractivity contribution >= 4 is 17.4 Å². The zero-order chi connectivity index (χ0) is 16.3. The Labute approximate surface area is 137 Å². The summed E-state index contributed by atoms with van der Waals surface area (Å²) in [5, 5.41) is 0.103. The van der Waals surface area contributed by atoms with Gasteiger partial charge in [-0.05, 0) is 49.5 Å². The maximum absolute atomic E-state index is 13.8. The number of rotatable bonds is 5. The molecule has 1 atom stereocenters. The maximum Gasteiger partial charge on any atom is 0.144 e. The summed E-state index contributed by atoms with van der Waals surface area (Å²) in [4.78, 5) is 14.9. The lowest BCUT2D eigenvalue weighted by Gasteiger charge is -2.33. The minimum Gasteiger partial charge on any atom is -0.302 e. The van der Waals surface area contributed by atoms with Crippen molar-refractivity contribution in [1.29, 1.82) is 0 Å². The van der Waals surface area contributed by atoms with E-state index in [1.807, 2.05) is 13.8 Å². The molecule has 22 heavy (non-hydrogen) atoms. The first kappa shape index (κ1) is 17.4. The van der Waals surface area contributed by atoms with E-state index >= 15 is 0 Å². The summed E-state index contributed by atoms with van der Waals surface area (Å²) >= 11 is 5.77. The van der Waals surface area contributed by atoms with Crippen LogP contribution in [0.5, 0.6) is 0 Å². The van der Waals surface area contributed by atoms with E-state index in [1.54, 1.807) is 12.1 Å². The summed E-state index contributed by atoms with van der Waals surface area (Å²) < 4.78 is 13.8. The van der Waals surface area contributed by atoms with Crippen LogP contribution in [-0.4, -0.2) is 30.3 Å². The third-order valence-electron chi connectivity index (χ3n) is 4.58. The summed E-state index contributed by atoms with van der Waals surface area (Å²) in [6.07, 6.45) is 2.33. The van der Waals surface area contributed by atoms with Crippen LogP contribution >= 0.6 is 11.6 Å². The average molecular weight is 326 g/mol. The van der Waals surface area contributed by atoms with Crippen molar-refractivity contribution in [2.45, 2.75) is 39.5 Å². The topological polar surface area (TPSA) is 20.3 Å². The predicted octanol–water partition coefficient (Wildman–Crippen LogP) is 4.52. The molecule has 0 unspecified atom stereocenters. The van der Waals surface area contributed by atoms with Gasteiger partial charge in [0.05, 0.1) is 10.9 Å². The molecule has 122 valence electrons. The van der Waals surface area contributed by atoms with E-state index < -0.39 is 5.82 Å². The number of piperidine rings is 1. The summed E-state index contributed by atoms with van der Waals surface area (Å²) in [5.74, 6) is 0.129. The largest absolute Gasteiger partial charge is 0.302 e. The zero-order valence-corrected chi connectivity index (χ0v) is 14.4. The lowest BCUT2D eigenvalue weighted by molar-refractivity contribution is -0.123. The normalized spacial score (nSPS) is 18.6. The van der Waals surface area contributed by atoms with Crippen LogP contribution in [0, 0.1) is 17.7 Å². The number of ketones is 1. The van der Waals surface area contributed by atoms with Gasteiger partial charge < -0.3 is 4.90 Å². The minimum atomic E-state index is -0.451. The van der Waals surface area contributed by atoms with Gasteiger partial charge in [-0.25, -0.2) is 4.39 Å². The molecule has 1 saturated heterocycles. The number of carbonyl (C=O) groups excluding carboxylic acids is 1. The van der Waals surface area contributed by atoms with E-state index in [1.165, 1.54) is 6.07 Å². The lowest BCUT2D eigenvalue weighted by atomic mass is 9.87. The molecule has 0 aliphatic carbocycles. The SMILES string of the molecule is CC1CCN(C[C@@H](C(=O)C(C)C)c2ccc(Cl)c(F)c2)CC1. The van der Waals surface area contributed by atoms with Crippen LogP contribution in [-0.2, 0) is 4.79 Å². The van der Waals surface area contributed by atoms with Gasteiger partial charge in [-0.15, -0.1) is 0 Å². The molecule has 0 N–H and O–H groups in total. The standard InChI is InChI=1S/C18H25ClFNO/c1-12(2)18(22)15(11-21-8-6-13(3)7-9-21)14-4-5-16(19)17(20)10-14/h4-5,10,12-13,15H,6-9,11H2,1-3H3/t15-/m1/s1. The van der Waals surface area contributed by atoms with E-state index in [4.69, 9.17) is 11.6 Å². The molecule has 2 rings (SSSR count). The Kier molecular flexibility index (Phi) is 5.99. The molecular weight excluding hydrogens is 301 g/mol. The van der Waals surface area contributed by atoms with Crippen molar-refractivity contribution in [2.75, 3.05) is 19.6 Å². The highest BCUT2D eigenvalue weighted by Gasteiger charge is 2.27. The molecule has 1 aliphatic heterocycles. The highest BCUT2D eigenvalue weighted by molar-refractivity contribution is 6.30. The molecule has 0 spiro atoms. The second kappa shape index (κ2) is 7.56. The van der Waals surface area contributed by atoms with Crippen molar-refractivity contribution in [2.24, 2.45) is 11.8 Å². The van der Waals surface area contributed by atoms with Crippen molar-refractivity contribution < 1.29 is 9.18 Å². The first-order chi connectivity index (χ1) is 10.4. The molecule has 0 saturated carbocycles. The zero-order valence-electron chi connectivity index (χ0n) is 13.6. The molecule has 1 aliphatic rings. The van der Waals surface area contributed by atoms with Gasteiger partial charge in [-0.2, -0.15) is 0 Å². The fourth-order valence-corrected chi connectivity index (χ4v) is 3.11. The number of likely N-dealkylation sites (tertiary alicyclic amines) is 1. The summed E-state index contributed by atoms with van der Waals surface area (Å²) in [5.41, 5.74) is 0.735. The Morgan fingerprint density at radius 1 is 1.36 bits per heavy atom. The van der Waals surface area contributed by atoms with E-state index in [-0.39, 0.29) is 22.6 Å². The Morgan fingerprint density at radius 3 is 2.55 bits per heavy atom. The third-order valence-corrected chi connectivity index (χ3v) is 4.88. The summed E-state index contributed by atoms with van der Waals surface area (Å²) in [6.45, 7) is 8.77. The number of hydrogen-bond donors (Lipinski definition) is 0. The molecule has 2 nitrogen and oxygen atoms in total. The van der Waals surface area contributed by atoms with E-state index in [0.29, 0.717) is 6.54 Å². The van der Waals surface area contributed by atoms with Gasteiger partial charge in [0, 0.05) is 12.5 Å². The van der Waals surface area contributed by atoms with Gasteiger partial charge in [0.25, 0.3) is 0 Å². The average Bonchev–Trinajstić information content (AvgIpc) is 2.49. The van der Waals surface area contributed by atoms with E-state index in [9.17, 15) is 9.18 Å². The molecule has 1 aromatic carbocycles. The van der Waals surface area contributed by atoms with Gasteiger partial charge in [0.1, 0.15) is 11.6 Å². The van der Waals surface area contributed by atoms with Crippen LogP contribution in [0.15, 0.2) is 18.2 Å². The van der Waals surface area contributed by atoms with Crippen LogP contribution in [0.3, 0.4) is 0 Å². The number of hydrogen-bond acceptors (Lipinski definition) is 2. The Hall–Kier alpha value is -0.930. The van der Waals surface area contributed by atoms with Crippen molar-refractivity contribution in [3.63, 3.8) is 0 Å². The number of benzene rings is 1. The van der Waals surface area contributed by atoms with Crippen LogP contribution in [0.2, 0.25) is 5.02 Å². The summed E-state index contributed by atoms with van der Waals surface area (Å²) in [6, 6.07) is 4.74. The summed E-state index contributed by atoms with van der Waals surface area (Å²) in [7, 11) is 0. The monoisotopic (exact) mass is 325 g/mol. The minimum absolute atomic E-state index is 0.0625. The number of halogens is 2. The van der Waals surface area contributed by atoms with Crippen LogP contribution in [0.4, 0.5) is 4.39 Å². The first-order valence-electron chi connectivity index (χ1n) is 8.09. The molecule has 4 heteroatoms. The van der Waals surface area contributed by atoms with Gasteiger partial charge in [-0.1, -0.05) is 38.4 Å². The smallest absolute Gasteiger partial charge is 0.144 e. The van der Waals surface area contributed by atoms with Gasteiger partial charge >= 0.3 is 0 Å². The second-order valence-corrected chi connectivity index (χ2v) is 7.17. The van der Waals surface area contributed by atoms with Gasteiger partial charge in [-0.3, -0.25) is 4.79 Å². The highest BCUT2D eigenvalue weighted by atomic mass is 35.5. The third kappa shape index (κ3) is 4.30. The predicted molar refractivity (Wildman–Crippen MR) is 88.8 cm³/mol. The van der Waals surface area contributed by atoms with Crippen LogP contribution in [0.25, 0.3) is 0 Å². The fraction of sp³-hybridized carbons (Fsp3) is 0.611. The molecule has 1 aromatic rings. The molecule has 1 heterocycles. The lowest BCUT2D eigenvalue weighted by Crippen LogP contribution is -2.38. The van der Waals surface area contributed by atoms with Crippen LogP contribution in [0.1, 0.15) is 45.1 Å². The van der Waals surface area contributed by atoms with E-state index in [0.717, 1.165) is 37.4 Å². The maximum atomic E-state index is 13.8. The number of Topliss-reactive ketones (excluding diaryl/α,β-unsaturated/α-hetero) is 1. The van der Waals surface area contributed by atoms with Crippen molar-refractivity contribution in [3.05, 3.63) is 34.6 Å². The van der Waals surface area contributed by atoms with Crippen LogP contribution < -0.4 is 0 Å². The first-order valence-corrected chi connectivity index (χ1v) is 8.47. The van der Waals surface area contributed by atoms with E-state index in [2.05, 4.69) is 11.8 Å². The quantitative estimate of drug-likeness (QED) is 0.793. The molecule has 0 amide bonds. The number of carbonyl (C=O) groups is 1. The van der Waals surface area contributed by atoms with Crippen molar-refractivity contribution in [3.8, 4) is 0 Å². The second-order valence-electron chi connectivity index (χ2n) is 6.77. The fourth-order valence-electron chi connectivity index (χ4n) is 2.99.